The monoisotopic (exact) mass is 576 g/mol. The average Bonchev–Trinajstić information content (AvgIpc) is 2.88. The molecule has 4 atom stereocenters. The lowest BCUT2D eigenvalue weighted by atomic mass is 9.57. The van der Waals surface area contributed by atoms with Crippen LogP contribution >= 0.6 is 0 Å². The van der Waals surface area contributed by atoms with Crippen LogP contribution < -0.4 is 16.4 Å². The van der Waals surface area contributed by atoms with E-state index in [1.807, 2.05) is 0 Å². The average molecular weight is 577 g/mol. The Kier molecular flexibility index (Phi) is 8.23. The van der Waals surface area contributed by atoms with Gasteiger partial charge in [0.1, 0.15) is 22.9 Å². The van der Waals surface area contributed by atoms with Gasteiger partial charge in [0.2, 0.25) is 11.7 Å². The van der Waals surface area contributed by atoms with E-state index in [2.05, 4.69) is 10.6 Å². The number of methoxy groups -OCH3 is 1. The summed E-state index contributed by atoms with van der Waals surface area (Å²) >= 11 is 0. The number of likely N-dealkylation sites (N-methyl/N-ethyl adjacent to an activating group) is 1. The summed E-state index contributed by atoms with van der Waals surface area (Å²) in [5.41, 5.74) is 0.202. The number of aliphatic hydroxyl groups excluding tert-OH is 2. The van der Waals surface area contributed by atoms with Crippen LogP contribution in [0.1, 0.15) is 24.0 Å². The Labute approximate surface area is 234 Å². The number of hydrogen-bond acceptors (Lipinski definition) is 11. The fraction of sp³-hybridized carbons (Fsp3) is 0.481. The minimum Gasteiger partial charge on any atom is -0.508 e. The van der Waals surface area contributed by atoms with Gasteiger partial charge in [0, 0.05) is 36.8 Å². The molecule has 14 heteroatoms. The van der Waals surface area contributed by atoms with Gasteiger partial charge in [-0.2, -0.15) is 0 Å². The number of phenols is 1. The molecule has 3 aliphatic rings. The van der Waals surface area contributed by atoms with E-state index >= 15 is 4.39 Å². The van der Waals surface area contributed by atoms with Crippen LogP contribution in [0.2, 0.25) is 0 Å². The molecule has 1 saturated carbocycles. The van der Waals surface area contributed by atoms with Crippen molar-refractivity contribution in [2.24, 2.45) is 17.6 Å². The van der Waals surface area contributed by atoms with E-state index < -0.39 is 86.7 Å². The van der Waals surface area contributed by atoms with E-state index in [0.717, 1.165) is 6.07 Å². The van der Waals surface area contributed by atoms with Gasteiger partial charge in [-0.05, 0) is 45.8 Å². The van der Waals surface area contributed by atoms with Gasteiger partial charge in [0.15, 0.2) is 17.1 Å². The van der Waals surface area contributed by atoms with Crippen molar-refractivity contribution in [3.63, 3.8) is 0 Å². The molecule has 3 aliphatic carbocycles. The quantitative estimate of drug-likeness (QED) is 0.115. The zero-order valence-electron chi connectivity index (χ0n) is 22.8. The van der Waals surface area contributed by atoms with Crippen LogP contribution in [-0.2, 0) is 30.3 Å². The first kappa shape index (κ1) is 30.1. The van der Waals surface area contributed by atoms with Crippen LogP contribution in [0.3, 0.4) is 0 Å². The Hall–Kier alpha value is -3.85. The summed E-state index contributed by atoms with van der Waals surface area (Å²) in [5.74, 6) is -9.89. The number of nitrogens with two attached hydrogens (primary N) is 1. The maximum Gasteiger partial charge on any atom is 0.255 e. The van der Waals surface area contributed by atoms with Crippen LogP contribution in [0.4, 0.5) is 10.1 Å². The van der Waals surface area contributed by atoms with Crippen molar-refractivity contribution in [3.8, 4) is 5.75 Å². The number of amides is 2. The van der Waals surface area contributed by atoms with Gasteiger partial charge < -0.3 is 41.5 Å². The van der Waals surface area contributed by atoms with Gasteiger partial charge in [-0.15, -0.1) is 0 Å². The molecule has 0 aromatic heterocycles. The third kappa shape index (κ3) is 4.86. The van der Waals surface area contributed by atoms with E-state index in [1.165, 1.54) is 19.0 Å². The van der Waals surface area contributed by atoms with Crippen molar-refractivity contribution >= 4 is 34.8 Å². The number of anilines is 1. The number of Topliss-reactive ketones (excluding diaryl/α,β-unsaturated/α-hetero) is 2. The highest BCUT2D eigenvalue weighted by Crippen LogP contribution is 2.53. The molecule has 0 radical (unpaired) electrons. The first-order chi connectivity index (χ1) is 19.3. The standard InChI is InChI=1S/C27H33FN4O9/c1-32(2)20-13-8-11-7-12-14(28)9-15(31-16(33)10-30-5-4-6-41-3)21(34)18(12)22(35)17(11)24(37)27(13,40)25(38)19(23(20)36)26(29)39/h9,11,13,20,30,34-35,38,40H,4-8,10H2,1-3H3,(H2,29,39)(H,31,33)/t11-,13-,20-,27-/m0/s1. The van der Waals surface area contributed by atoms with Crippen molar-refractivity contribution in [3.05, 3.63) is 39.9 Å². The molecule has 0 saturated heterocycles. The zero-order chi connectivity index (χ0) is 30.4. The molecule has 1 fully saturated rings. The van der Waals surface area contributed by atoms with E-state index in [0.29, 0.717) is 19.6 Å². The number of ether oxygens (including phenoxy) is 1. The second-order valence-electron chi connectivity index (χ2n) is 10.6. The number of aliphatic hydroxyl groups is 3. The number of primary amides is 1. The lowest BCUT2D eigenvalue weighted by molar-refractivity contribution is -0.153. The predicted molar refractivity (Wildman–Crippen MR) is 142 cm³/mol. The number of carbonyl (C=O) groups is 4. The topological polar surface area (TPSA) is 212 Å². The highest BCUT2D eigenvalue weighted by molar-refractivity contribution is 6.24. The summed E-state index contributed by atoms with van der Waals surface area (Å²) in [5, 5.41) is 49.9. The van der Waals surface area contributed by atoms with Crippen molar-refractivity contribution in [1.82, 2.24) is 10.2 Å². The summed E-state index contributed by atoms with van der Waals surface area (Å²) in [7, 11) is 4.51. The molecule has 41 heavy (non-hydrogen) atoms. The molecule has 0 heterocycles. The number of fused-ring (bicyclic) bond motifs is 3. The Morgan fingerprint density at radius 1 is 1.24 bits per heavy atom. The van der Waals surface area contributed by atoms with Gasteiger partial charge >= 0.3 is 0 Å². The third-order valence-electron chi connectivity index (χ3n) is 7.93. The number of phenolic OH excluding ortho intramolecular Hbond substituents is 1. The molecule has 13 nitrogen and oxygen atoms in total. The van der Waals surface area contributed by atoms with Gasteiger partial charge in [-0.1, -0.05) is 0 Å². The summed E-state index contributed by atoms with van der Waals surface area (Å²) in [6, 6.07) is -0.345. The molecular formula is C27H33FN4O9. The van der Waals surface area contributed by atoms with Crippen molar-refractivity contribution in [1.29, 1.82) is 0 Å². The fourth-order valence-electron chi connectivity index (χ4n) is 6.10. The maximum atomic E-state index is 15.3. The maximum absolute atomic E-state index is 15.3. The summed E-state index contributed by atoms with van der Waals surface area (Å²) < 4.78 is 20.3. The number of aromatic hydroxyl groups is 1. The van der Waals surface area contributed by atoms with E-state index in [1.54, 1.807) is 7.11 Å². The first-order valence-electron chi connectivity index (χ1n) is 13.0. The van der Waals surface area contributed by atoms with Crippen molar-refractivity contribution in [2.75, 3.05) is 46.2 Å². The Balaban J connectivity index is 1.76. The highest BCUT2D eigenvalue weighted by atomic mass is 19.1. The van der Waals surface area contributed by atoms with Gasteiger partial charge in [0.25, 0.3) is 5.91 Å². The number of nitrogens with zero attached hydrogens (tertiary/aromatic N) is 1. The molecule has 222 valence electrons. The van der Waals surface area contributed by atoms with Gasteiger partial charge in [-0.25, -0.2) is 4.39 Å². The van der Waals surface area contributed by atoms with E-state index in [4.69, 9.17) is 10.5 Å². The van der Waals surface area contributed by atoms with Crippen LogP contribution in [-0.4, -0.2) is 101 Å². The summed E-state index contributed by atoms with van der Waals surface area (Å²) in [4.78, 5) is 52.7. The number of benzene rings is 1. The number of nitrogens with one attached hydrogen (secondary N) is 2. The van der Waals surface area contributed by atoms with E-state index in [-0.39, 0.29) is 30.6 Å². The number of carbonyl (C=O) groups excluding carboxylic acids is 4. The third-order valence-corrected chi connectivity index (χ3v) is 7.93. The fourth-order valence-corrected chi connectivity index (χ4v) is 6.10. The highest BCUT2D eigenvalue weighted by Gasteiger charge is 2.64. The number of rotatable bonds is 9. The van der Waals surface area contributed by atoms with Crippen LogP contribution in [0.25, 0.3) is 5.76 Å². The second-order valence-corrected chi connectivity index (χ2v) is 10.6. The summed E-state index contributed by atoms with van der Waals surface area (Å²) in [6.07, 6.45) is 0.268. The van der Waals surface area contributed by atoms with Crippen LogP contribution in [0.15, 0.2) is 23.0 Å². The molecular weight excluding hydrogens is 543 g/mol. The lowest BCUT2D eigenvalue weighted by Crippen LogP contribution is -2.65. The lowest BCUT2D eigenvalue weighted by Gasteiger charge is -2.50. The number of hydrogen-bond donors (Lipinski definition) is 7. The Morgan fingerprint density at radius 2 is 1.93 bits per heavy atom. The molecule has 1 aromatic rings. The molecule has 0 aliphatic heterocycles. The summed E-state index contributed by atoms with van der Waals surface area (Å²) in [6.45, 7) is 0.785. The normalized spacial score (nSPS) is 25.7. The number of halogens is 1. The SMILES string of the molecule is COCCCNCC(=O)Nc1cc(F)c2c(c1O)C(O)=C1C(=O)[C@]3(O)C(O)=C(C(N)=O)C(=O)[C@@H](N(C)C)[C@@H]3C[C@@H]1C2. The molecule has 0 unspecified atom stereocenters. The van der Waals surface area contributed by atoms with Gasteiger partial charge in [-0.3, -0.25) is 24.1 Å². The molecule has 4 rings (SSSR count). The molecule has 8 N–H and O–H groups in total. The van der Waals surface area contributed by atoms with Crippen LogP contribution in [0, 0.1) is 17.7 Å². The zero-order valence-corrected chi connectivity index (χ0v) is 22.8. The minimum absolute atomic E-state index is 0.135. The molecule has 1 aromatic carbocycles. The molecule has 0 bridgehead atoms. The van der Waals surface area contributed by atoms with E-state index in [9.17, 15) is 39.6 Å². The minimum atomic E-state index is -2.81. The van der Waals surface area contributed by atoms with Crippen LogP contribution in [0.5, 0.6) is 5.75 Å². The molecule has 2 amide bonds. The Morgan fingerprint density at radius 3 is 2.54 bits per heavy atom. The molecule has 0 spiro atoms. The largest absolute Gasteiger partial charge is 0.508 e. The first-order valence-corrected chi connectivity index (χ1v) is 13.0. The second kappa shape index (κ2) is 11.2. The predicted octanol–water partition coefficient (Wildman–Crippen LogP) is -0.332. The number of ketones is 2. The van der Waals surface area contributed by atoms with Gasteiger partial charge in [0.05, 0.1) is 23.8 Å². The Bertz CT molecular complexity index is 1390. The van der Waals surface area contributed by atoms with Crippen molar-refractivity contribution in [2.45, 2.75) is 30.9 Å². The van der Waals surface area contributed by atoms with Crippen molar-refractivity contribution < 1.29 is 48.7 Å². The smallest absolute Gasteiger partial charge is 0.255 e.